The molecule has 2 aromatic rings. The maximum atomic E-state index is 6.85. The van der Waals surface area contributed by atoms with Crippen molar-refractivity contribution in [2.24, 2.45) is 0 Å². The van der Waals surface area contributed by atoms with E-state index in [9.17, 15) is 0 Å². The fraction of sp³-hybridized carbons (Fsp3) is 0.200. The van der Waals surface area contributed by atoms with Gasteiger partial charge in [-0.05, 0) is 35.6 Å². The van der Waals surface area contributed by atoms with Crippen LogP contribution in [0.15, 0.2) is 42.5 Å². The third-order valence-electron chi connectivity index (χ3n) is 2.58. The van der Waals surface area contributed by atoms with Crippen molar-refractivity contribution in [1.82, 2.24) is 0 Å². The second-order valence-corrected chi connectivity index (χ2v) is 3.71. The molecule has 0 spiro atoms. The van der Waals surface area contributed by atoms with E-state index >= 15 is 0 Å². The zero-order valence-corrected chi connectivity index (χ0v) is 8.66. The predicted octanol–water partition coefficient (Wildman–Crippen LogP) is 3.75. The van der Waals surface area contributed by atoms with Crippen LogP contribution in [0.5, 0.6) is 0 Å². The number of hydrogen-bond acceptors (Lipinski definition) is 0. The second-order valence-electron chi connectivity index (χ2n) is 3.71. The zero-order valence-electron chi connectivity index (χ0n) is 8.66. The highest BCUT2D eigenvalue weighted by atomic mass is 14.0. The van der Waals surface area contributed by atoms with Gasteiger partial charge in [0.25, 0.3) is 0 Å². The first-order chi connectivity index (χ1) is 7.40. The topological polar surface area (TPSA) is 0 Å². The Hall–Kier alpha value is -1.74. The summed E-state index contributed by atoms with van der Waals surface area (Å²) in [6.45, 7) is 0. The molecule has 0 saturated heterocycles. The van der Waals surface area contributed by atoms with E-state index in [2.05, 4.69) is 48.4 Å². The van der Waals surface area contributed by atoms with Crippen molar-refractivity contribution >= 4 is 10.8 Å². The van der Waals surface area contributed by atoms with Crippen LogP contribution < -0.4 is 0 Å². The average molecular weight is 193 g/mol. The van der Waals surface area contributed by atoms with E-state index < -0.39 is 0 Å². The lowest BCUT2D eigenvalue weighted by molar-refractivity contribution is 0.859. The summed E-state index contributed by atoms with van der Waals surface area (Å²) < 4.78 is 0. The number of benzene rings is 2. The lowest BCUT2D eigenvalue weighted by Gasteiger charge is -2.02. The van der Waals surface area contributed by atoms with Gasteiger partial charge in [0, 0.05) is 6.42 Å². The second kappa shape index (κ2) is 4.66. The molecular weight excluding hydrogens is 180 g/mol. The van der Waals surface area contributed by atoms with Gasteiger partial charge in [0.15, 0.2) is 0 Å². The summed E-state index contributed by atoms with van der Waals surface area (Å²) in [4.78, 5) is 0. The fourth-order valence-corrected chi connectivity index (χ4v) is 1.78. The summed E-state index contributed by atoms with van der Waals surface area (Å²) in [7, 11) is 0. The van der Waals surface area contributed by atoms with Crippen molar-refractivity contribution < 1.29 is 0 Å². The summed E-state index contributed by atoms with van der Waals surface area (Å²) in [6.07, 6.45) is 9.66. The number of hydrogen-bond donors (Lipinski definition) is 0. The first kappa shape index (κ1) is 9.80. The maximum Gasteiger partial charge on any atom is 0.0102 e. The molecule has 0 fully saturated rings. The minimum absolute atomic E-state index is 0.757. The van der Waals surface area contributed by atoms with Crippen LogP contribution in [0.1, 0.15) is 18.4 Å². The quantitative estimate of drug-likeness (QED) is 0.514. The third-order valence-corrected chi connectivity index (χ3v) is 2.58. The summed E-state index contributed by atoms with van der Waals surface area (Å²) in [5, 5.41) is 2.59. The van der Waals surface area contributed by atoms with E-state index in [0.717, 1.165) is 19.3 Å². The highest BCUT2D eigenvalue weighted by molar-refractivity contribution is 5.82. The summed E-state index contributed by atoms with van der Waals surface area (Å²) in [6, 6.07) is 15.0. The first-order valence-corrected chi connectivity index (χ1v) is 5.27. The Morgan fingerprint density at radius 2 is 1.80 bits per heavy atom. The van der Waals surface area contributed by atoms with E-state index in [1.54, 1.807) is 0 Å². The van der Waals surface area contributed by atoms with Crippen molar-refractivity contribution in [3.63, 3.8) is 0 Å². The van der Waals surface area contributed by atoms with Gasteiger partial charge in [-0.25, -0.2) is 0 Å². The van der Waals surface area contributed by atoms with Gasteiger partial charge in [-0.1, -0.05) is 48.4 Å². The molecule has 0 aliphatic heterocycles. The molecule has 0 heteroatoms. The fourth-order valence-electron chi connectivity index (χ4n) is 1.78. The molecular formula is C15H13. The molecule has 0 amide bonds. The number of rotatable bonds is 3. The predicted molar refractivity (Wildman–Crippen MR) is 64.0 cm³/mol. The Morgan fingerprint density at radius 1 is 1.00 bits per heavy atom. The maximum absolute atomic E-state index is 6.85. The normalized spacial score (nSPS) is 10.1. The minimum Gasteiger partial charge on any atom is -0.0891 e. The van der Waals surface area contributed by atoms with Gasteiger partial charge < -0.3 is 0 Å². The smallest absolute Gasteiger partial charge is 0.0102 e. The number of aryl methyl sites for hydroxylation is 1. The van der Waals surface area contributed by atoms with Crippen molar-refractivity contribution in [1.29, 1.82) is 0 Å². The lowest BCUT2D eigenvalue weighted by atomic mass is 10.0. The molecule has 0 atom stereocenters. The average Bonchev–Trinajstić information content (AvgIpc) is 2.29. The van der Waals surface area contributed by atoms with Crippen molar-refractivity contribution in [3.05, 3.63) is 54.5 Å². The molecule has 0 bridgehead atoms. The van der Waals surface area contributed by atoms with Gasteiger partial charge in [-0.3, -0.25) is 0 Å². The molecule has 0 heterocycles. The van der Waals surface area contributed by atoms with Crippen molar-refractivity contribution in [2.45, 2.75) is 19.3 Å². The summed E-state index contributed by atoms with van der Waals surface area (Å²) in [5.74, 6) is 2.43. The van der Waals surface area contributed by atoms with Crippen LogP contribution in [0.3, 0.4) is 0 Å². The molecule has 0 saturated carbocycles. The van der Waals surface area contributed by atoms with Gasteiger partial charge in [0.1, 0.15) is 0 Å². The van der Waals surface area contributed by atoms with E-state index in [0.29, 0.717) is 0 Å². The van der Waals surface area contributed by atoms with Crippen LogP contribution in [0, 0.1) is 12.3 Å². The lowest BCUT2D eigenvalue weighted by Crippen LogP contribution is -1.84. The molecule has 15 heavy (non-hydrogen) atoms. The Labute approximate surface area is 90.9 Å². The van der Waals surface area contributed by atoms with Gasteiger partial charge >= 0.3 is 0 Å². The van der Waals surface area contributed by atoms with Gasteiger partial charge in [-0.15, -0.1) is 0 Å². The Bertz CT molecular complexity index is 489. The Balaban J connectivity index is 2.20. The largest absolute Gasteiger partial charge is 0.0891 e. The van der Waals surface area contributed by atoms with Crippen LogP contribution in [-0.2, 0) is 6.42 Å². The monoisotopic (exact) mass is 193 g/mol. The van der Waals surface area contributed by atoms with Crippen LogP contribution >= 0.6 is 0 Å². The van der Waals surface area contributed by atoms with Crippen LogP contribution in [0.2, 0.25) is 0 Å². The molecule has 2 rings (SSSR count). The highest BCUT2D eigenvalue weighted by Crippen LogP contribution is 2.16. The van der Waals surface area contributed by atoms with E-state index in [4.69, 9.17) is 6.42 Å². The molecule has 0 unspecified atom stereocenters. The zero-order chi connectivity index (χ0) is 10.5. The standard InChI is InChI=1S/C15H13/c1-2-3-4-7-13-10-11-14-8-5-6-9-15(14)12-13/h5-6,8-12H,3-4,7H2. The molecule has 2 aromatic carbocycles. The van der Waals surface area contributed by atoms with Gasteiger partial charge in [-0.2, -0.15) is 0 Å². The number of unbranched alkanes of at least 4 members (excludes halogenated alkanes) is 1. The van der Waals surface area contributed by atoms with Crippen LogP contribution in [0.4, 0.5) is 0 Å². The van der Waals surface area contributed by atoms with Crippen molar-refractivity contribution in [2.75, 3.05) is 0 Å². The van der Waals surface area contributed by atoms with E-state index in [1.807, 2.05) is 0 Å². The SMILES string of the molecule is [C]#CCCCc1ccc2ccccc2c1. The molecule has 0 N–H and O–H groups in total. The van der Waals surface area contributed by atoms with Crippen LogP contribution in [-0.4, -0.2) is 0 Å². The highest BCUT2D eigenvalue weighted by Gasteiger charge is 1.95. The Morgan fingerprint density at radius 3 is 2.60 bits per heavy atom. The Kier molecular flexibility index (Phi) is 3.05. The molecule has 0 nitrogen and oxygen atoms in total. The third kappa shape index (κ3) is 2.39. The van der Waals surface area contributed by atoms with Crippen LogP contribution in [0.25, 0.3) is 10.8 Å². The minimum atomic E-state index is 0.757. The van der Waals surface area contributed by atoms with E-state index in [-0.39, 0.29) is 0 Å². The molecule has 0 aliphatic rings. The molecule has 0 aliphatic carbocycles. The van der Waals surface area contributed by atoms with E-state index in [1.165, 1.54) is 16.3 Å². The molecule has 73 valence electrons. The van der Waals surface area contributed by atoms with Gasteiger partial charge in [0.2, 0.25) is 0 Å². The van der Waals surface area contributed by atoms with Gasteiger partial charge in [0.05, 0.1) is 0 Å². The summed E-state index contributed by atoms with van der Waals surface area (Å²) in [5.41, 5.74) is 1.35. The molecule has 1 radical (unpaired) electrons. The first-order valence-electron chi connectivity index (χ1n) is 5.27. The molecule has 0 aromatic heterocycles. The van der Waals surface area contributed by atoms with Crippen molar-refractivity contribution in [3.8, 4) is 5.92 Å². The number of fused-ring (bicyclic) bond motifs is 1. The summed E-state index contributed by atoms with van der Waals surface area (Å²) >= 11 is 0.